The Bertz CT molecular complexity index is 957. The first kappa shape index (κ1) is 21.7. The molecular weight excluding hydrogens is 388 g/mol. The lowest BCUT2D eigenvalue weighted by Gasteiger charge is -2.30. The second-order valence-electron chi connectivity index (χ2n) is 8.78. The Balaban J connectivity index is 1.60. The highest BCUT2D eigenvalue weighted by molar-refractivity contribution is 5.88. The molecule has 0 saturated carbocycles. The summed E-state index contributed by atoms with van der Waals surface area (Å²) in [5.74, 6) is 2.06. The first-order chi connectivity index (χ1) is 15.0. The van der Waals surface area contributed by atoms with E-state index in [1.165, 1.54) is 12.8 Å². The molecule has 0 bridgehead atoms. The van der Waals surface area contributed by atoms with Gasteiger partial charge in [0.2, 0.25) is 0 Å². The molecule has 5 nitrogen and oxygen atoms in total. The number of para-hydroxylation sites is 1. The summed E-state index contributed by atoms with van der Waals surface area (Å²) < 4.78 is 11.4. The number of rotatable bonds is 7. The number of anilines is 1. The van der Waals surface area contributed by atoms with E-state index in [2.05, 4.69) is 54.8 Å². The van der Waals surface area contributed by atoms with Crippen molar-refractivity contribution in [2.75, 3.05) is 32.2 Å². The predicted molar refractivity (Wildman–Crippen MR) is 124 cm³/mol. The summed E-state index contributed by atoms with van der Waals surface area (Å²) >= 11 is 0. The molecule has 4 rings (SSSR count). The van der Waals surface area contributed by atoms with E-state index in [9.17, 15) is 4.79 Å². The van der Waals surface area contributed by atoms with Gasteiger partial charge in [-0.25, -0.2) is 0 Å². The average molecular weight is 423 g/mol. The third-order valence-corrected chi connectivity index (χ3v) is 7.16. The number of ether oxygens (including phenoxy) is 2. The lowest BCUT2D eigenvalue weighted by molar-refractivity contribution is -0.123. The van der Waals surface area contributed by atoms with Gasteiger partial charge >= 0.3 is 0 Å². The SMILES string of the molecule is COc1c(C)c(C)c(OC)c(CCC(=O)[C@@H]2N(c3ccccc3)C[C@@H]3CCCN32)c1C. The molecule has 0 unspecified atom stereocenters. The normalized spacial score (nSPS) is 20.7. The molecule has 2 aromatic carbocycles. The number of hydrogen-bond acceptors (Lipinski definition) is 5. The van der Waals surface area contributed by atoms with Gasteiger partial charge in [0.1, 0.15) is 17.7 Å². The minimum atomic E-state index is -0.172. The molecule has 31 heavy (non-hydrogen) atoms. The lowest BCUT2D eigenvalue weighted by atomic mass is 9.93. The fourth-order valence-electron chi connectivity index (χ4n) is 5.52. The number of ketones is 1. The average Bonchev–Trinajstić information content (AvgIpc) is 3.37. The minimum Gasteiger partial charge on any atom is -0.496 e. The zero-order chi connectivity index (χ0) is 22.1. The van der Waals surface area contributed by atoms with Gasteiger partial charge in [0.25, 0.3) is 0 Å². The van der Waals surface area contributed by atoms with E-state index in [1.54, 1.807) is 14.2 Å². The van der Waals surface area contributed by atoms with Gasteiger partial charge in [0.15, 0.2) is 5.78 Å². The molecule has 2 aliphatic rings. The largest absolute Gasteiger partial charge is 0.496 e. The zero-order valence-corrected chi connectivity index (χ0v) is 19.4. The molecule has 5 heteroatoms. The smallest absolute Gasteiger partial charge is 0.170 e. The van der Waals surface area contributed by atoms with Crippen LogP contribution in [0.4, 0.5) is 5.69 Å². The zero-order valence-electron chi connectivity index (χ0n) is 19.4. The number of hydrogen-bond donors (Lipinski definition) is 0. The highest BCUT2D eigenvalue weighted by atomic mass is 16.5. The van der Waals surface area contributed by atoms with Crippen molar-refractivity contribution < 1.29 is 14.3 Å². The van der Waals surface area contributed by atoms with Crippen LogP contribution in [0.15, 0.2) is 30.3 Å². The van der Waals surface area contributed by atoms with Crippen LogP contribution in [0.3, 0.4) is 0 Å². The van der Waals surface area contributed by atoms with E-state index in [0.717, 1.165) is 52.5 Å². The second kappa shape index (κ2) is 8.91. The second-order valence-corrected chi connectivity index (χ2v) is 8.78. The number of carbonyl (C=O) groups is 1. The number of Topliss-reactive ketones (excluding diaryl/α,β-unsaturated/α-hetero) is 1. The van der Waals surface area contributed by atoms with Crippen LogP contribution >= 0.6 is 0 Å². The monoisotopic (exact) mass is 422 g/mol. The van der Waals surface area contributed by atoms with Crippen LogP contribution in [0.5, 0.6) is 11.5 Å². The van der Waals surface area contributed by atoms with Gasteiger partial charge in [-0.2, -0.15) is 0 Å². The topological polar surface area (TPSA) is 42.0 Å². The standard InChI is InChI=1S/C26H34N2O3/c1-17-18(2)25(31-5)22(19(3)24(17)30-4)13-14-23(29)26-27-15-9-12-21(27)16-28(26)20-10-7-6-8-11-20/h6-8,10-11,21,26H,9,12-16H2,1-5H3/t21-,26-/m0/s1. The summed E-state index contributed by atoms with van der Waals surface area (Å²) in [6.07, 6.45) is 3.32. The van der Waals surface area contributed by atoms with Gasteiger partial charge in [0.05, 0.1) is 14.2 Å². The third-order valence-electron chi connectivity index (χ3n) is 7.16. The summed E-state index contributed by atoms with van der Waals surface area (Å²) in [7, 11) is 3.42. The predicted octanol–water partition coefficient (Wildman–Crippen LogP) is 4.44. The van der Waals surface area contributed by atoms with Crippen LogP contribution in [0.1, 0.15) is 41.5 Å². The van der Waals surface area contributed by atoms with Gasteiger partial charge in [-0.05, 0) is 68.9 Å². The maximum atomic E-state index is 13.6. The van der Waals surface area contributed by atoms with Crippen LogP contribution in [0.2, 0.25) is 0 Å². The number of carbonyl (C=O) groups excluding carboxylic acids is 1. The molecule has 0 radical (unpaired) electrons. The Morgan fingerprint density at radius 2 is 1.68 bits per heavy atom. The molecule has 2 fully saturated rings. The Morgan fingerprint density at radius 1 is 1.00 bits per heavy atom. The molecule has 2 saturated heterocycles. The van der Waals surface area contributed by atoms with Gasteiger partial charge in [-0.15, -0.1) is 0 Å². The Morgan fingerprint density at radius 3 is 2.35 bits per heavy atom. The molecule has 2 aromatic rings. The van der Waals surface area contributed by atoms with E-state index in [0.29, 0.717) is 18.9 Å². The van der Waals surface area contributed by atoms with Gasteiger partial charge in [-0.3, -0.25) is 9.69 Å². The van der Waals surface area contributed by atoms with Crippen molar-refractivity contribution in [3.05, 3.63) is 52.6 Å². The number of methoxy groups -OCH3 is 2. The van der Waals surface area contributed by atoms with Crippen molar-refractivity contribution in [3.63, 3.8) is 0 Å². The maximum Gasteiger partial charge on any atom is 0.170 e. The quantitative estimate of drug-likeness (QED) is 0.660. The fraction of sp³-hybridized carbons (Fsp3) is 0.500. The maximum absolute atomic E-state index is 13.6. The summed E-state index contributed by atoms with van der Waals surface area (Å²) in [4.78, 5) is 18.3. The first-order valence-electron chi connectivity index (χ1n) is 11.3. The summed E-state index contributed by atoms with van der Waals surface area (Å²) in [5.41, 5.74) is 5.46. The summed E-state index contributed by atoms with van der Waals surface area (Å²) in [5, 5.41) is 0. The molecule has 2 aliphatic heterocycles. The number of nitrogens with zero attached hydrogens (tertiary/aromatic N) is 2. The van der Waals surface area contributed by atoms with E-state index in [4.69, 9.17) is 9.47 Å². The van der Waals surface area contributed by atoms with Gasteiger partial charge in [-0.1, -0.05) is 18.2 Å². The van der Waals surface area contributed by atoms with Gasteiger partial charge in [0, 0.05) is 36.8 Å². The van der Waals surface area contributed by atoms with Crippen molar-refractivity contribution in [1.82, 2.24) is 4.90 Å². The van der Waals surface area contributed by atoms with Crippen molar-refractivity contribution in [1.29, 1.82) is 0 Å². The third kappa shape index (κ3) is 3.80. The van der Waals surface area contributed by atoms with Crippen LogP contribution in [-0.4, -0.2) is 50.2 Å². The summed E-state index contributed by atoms with van der Waals surface area (Å²) in [6.45, 7) is 8.12. The van der Waals surface area contributed by atoms with Crippen LogP contribution in [-0.2, 0) is 11.2 Å². The highest BCUT2D eigenvalue weighted by Crippen LogP contribution is 2.39. The molecule has 0 aromatic heterocycles. The summed E-state index contributed by atoms with van der Waals surface area (Å²) in [6, 6.07) is 10.8. The number of benzene rings is 2. The van der Waals surface area contributed by atoms with Crippen LogP contribution < -0.4 is 14.4 Å². The van der Waals surface area contributed by atoms with Crippen molar-refractivity contribution in [2.45, 2.75) is 58.7 Å². The lowest BCUT2D eigenvalue weighted by Crippen LogP contribution is -2.45. The fourth-order valence-corrected chi connectivity index (χ4v) is 5.52. The van der Waals surface area contributed by atoms with E-state index >= 15 is 0 Å². The Hall–Kier alpha value is -2.53. The highest BCUT2D eigenvalue weighted by Gasteiger charge is 2.45. The number of fused-ring (bicyclic) bond motifs is 1. The van der Waals surface area contributed by atoms with Crippen molar-refractivity contribution in [3.8, 4) is 11.5 Å². The van der Waals surface area contributed by atoms with Gasteiger partial charge < -0.3 is 14.4 Å². The molecular formula is C26H34N2O3. The molecule has 0 amide bonds. The molecule has 0 spiro atoms. The van der Waals surface area contributed by atoms with E-state index < -0.39 is 0 Å². The van der Waals surface area contributed by atoms with E-state index in [1.807, 2.05) is 6.07 Å². The Labute approximate surface area is 185 Å². The van der Waals surface area contributed by atoms with E-state index in [-0.39, 0.29) is 11.9 Å². The van der Waals surface area contributed by atoms with Crippen LogP contribution in [0, 0.1) is 20.8 Å². The minimum absolute atomic E-state index is 0.172. The first-order valence-corrected chi connectivity index (χ1v) is 11.3. The Kier molecular flexibility index (Phi) is 6.24. The van der Waals surface area contributed by atoms with Crippen LogP contribution in [0.25, 0.3) is 0 Å². The molecule has 2 atom stereocenters. The van der Waals surface area contributed by atoms with Crippen molar-refractivity contribution in [2.24, 2.45) is 0 Å². The molecule has 2 heterocycles. The molecule has 0 aliphatic carbocycles. The van der Waals surface area contributed by atoms with Crippen molar-refractivity contribution >= 4 is 11.5 Å². The molecule has 0 N–H and O–H groups in total. The molecule has 166 valence electrons.